The summed E-state index contributed by atoms with van der Waals surface area (Å²) in [5.41, 5.74) is 14.8. The molecule has 0 radical (unpaired) electrons. The van der Waals surface area contributed by atoms with Crippen LogP contribution in [0, 0.1) is 32.6 Å². The van der Waals surface area contributed by atoms with E-state index in [1.807, 2.05) is 6.20 Å². The van der Waals surface area contributed by atoms with Gasteiger partial charge in [0, 0.05) is 56.0 Å². The molecular weight excluding hydrogens is 912 g/mol. The molecule has 2 bridgehead atoms. The number of para-hydroxylation sites is 1. The van der Waals surface area contributed by atoms with Gasteiger partial charge in [-0.25, -0.2) is 4.98 Å². The number of aromatic nitrogens is 2. The molecule has 11 rings (SSSR count). The van der Waals surface area contributed by atoms with Gasteiger partial charge in [-0.1, -0.05) is 126 Å². The van der Waals surface area contributed by atoms with E-state index in [9.17, 15) is 0 Å². The molecule has 0 aliphatic carbocycles. The molecule has 8 aromatic rings. The summed E-state index contributed by atoms with van der Waals surface area (Å²) in [4.78, 5) is 5.03. The van der Waals surface area contributed by atoms with Crippen LogP contribution in [0.25, 0.3) is 27.6 Å². The van der Waals surface area contributed by atoms with Crippen LogP contribution in [0.1, 0.15) is 86.1 Å². The Kier molecular flexibility index (Phi) is 9.38. The number of quaternary nitrogens is 2. The van der Waals surface area contributed by atoms with Crippen molar-refractivity contribution in [1.82, 2.24) is 18.5 Å². The predicted octanol–water partition coefficient (Wildman–Crippen LogP) is 13.1. The zero-order valence-corrected chi connectivity index (χ0v) is 38.4. The largest absolute Gasteiger partial charge is 0.325 e. The van der Waals surface area contributed by atoms with Crippen LogP contribution in [0.2, 0.25) is 0 Å². The second-order valence-electron chi connectivity index (χ2n) is 19.4. The molecule has 0 amide bonds. The smallest absolute Gasteiger partial charge is 0.179 e. The monoisotopic (exact) mass is 964 g/mol. The molecule has 3 aliphatic rings. The van der Waals surface area contributed by atoms with E-state index in [1.165, 1.54) is 55.8 Å². The Morgan fingerprint density at radius 1 is 0.600 bits per heavy atom. The van der Waals surface area contributed by atoms with Gasteiger partial charge in [-0.2, -0.15) is 24.3 Å². The molecule has 0 N–H and O–H groups in total. The normalized spacial score (nSPS) is 18.6. The third kappa shape index (κ3) is 5.93. The molecule has 0 spiro atoms. The number of pyridine rings is 1. The number of aryl methyl sites for hydroxylation is 2. The van der Waals surface area contributed by atoms with E-state index in [1.54, 1.807) is 0 Å². The molecule has 5 heteroatoms. The van der Waals surface area contributed by atoms with Gasteiger partial charge in [-0.15, -0.1) is 34.2 Å². The molecule has 6 aromatic carbocycles. The number of fused-ring (bicyclic) bond motifs is 3. The van der Waals surface area contributed by atoms with Gasteiger partial charge in [0.25, 0.3) is 0 Å². The molecule has 1 fully saturated rings. The van der Waals surface area contributed by atoms with E-state index in [0.717, 1.165) is 44.5 Å². The Hall–Kier alpha value is -5.12. The van der Waals surface area contributed by atoms with Gasteiger partial charge in [0.2, 0.25) is 0 Å². The summed E-state index contributed by atoms with van der Waals surface area (Å²) < 4.78 is 3.82. The zero-order chi connectivity index (χ0) is 41.1. The molecule has 2 aromatic heterocycles. The third-order valence-corrected chi connectivity index (χ3v) is 13.3. The first-order valence-electron chi connectivity index (χ1n) is 21.0. The Morgan fingerprint density at radius 2 is 1.20 bits per heavy atom. The minimum atomic E-state index is -0.776. The maximum absolute atomic E-state index is 5.03. The summed E-state index contributed by atoms with van der Waals surface area (Å²) >= 11 is 0. The second-order valence-corrected chi connectivity index (χ2v) is 19.4. The van der Waals surface area contributed by atoms with Gasteiger partial charge in [0.1, 0.15) is 5.82 Å². The first-order valence-corrected chi connectivity index (χ1v) is 21.0. The summed E-state index contributed by atoms with van der Waals surface area (Å²) in [7, 11) is 2.35. The molecule has 1 saturated heterocycles. The van der Waals surface area contributed by atoms with E-state index < -0.39 is 5.41 Å². The van der Waals surface area contributed by atoms with Crippen LogP contribution in [0.3, 0.4) is 0 Å². The van der Waals surface area contributed by atoms with Gasteiger partial charge >= 0.3 is 0 Å². The van der Waals surface area contributed by atoms with E-state index in [4.69, 9.17) is 4.98 Å². The van der Waals surface area contributed by atoms with Crippen molar-refractivity contribution in [2.75, 3.05) is 13.7 Å². The average molecular weight is 965 g/mol. The quantitative estimate of drug-likeness (QED) is 0.0922. The van der Waals surface area contributed by atoms with E-state index in [-0.39, 0.29) is 31.9 Å². The molecule has 0 saturated carbocycles. The number of rotatable bonds is 6. The molecule has 4 nitrogen and oxygen atoms in total. The van der Waals surface area contributed by atoms with Gasteiger partial charge in [-0.05, 0) is 76.1 Å². The zero-order valence-electron chi connectivity index (χ0n) is 36.2. The first kappa shape index (κ1) is 40.3. The number of nitrogens with zero attached hydrogens (tertiary/aromatic N) is 4. The van der Waals surface area contributed by atoms with Gasteiger partial charge in [-0.3, -0.25) is 0 Å². The number of hydrogen-bond donors (Lipinski definition) is 0. The Balaban J connectivity index is 0.00000462. The van der Waals surface area contributed by atoms with Crippen molar-refractivity contribution < 1.29 is 21.1 Å². The van der Waals surface area contributed by atoms with Crippen LogP contribution in [0.4, 0.5) is 17.1 Å². The molecule has 5 heterocycles. The topological polar surface area (TPSA) is 17.8 Å². The molecule has 60 heavy (non-hydrogen) atoms. The van der Waals surface area contributed by atoms with E-state index in [2.05, 4.69) is 219 Å². The molecular formula is C55H53N4Pt-. The van der Waals surface area contributed by atoms with Crippen LogP contribution in [-0.4, -0.2) is 23.3 Å². The maximum Gasteiger partial charge on any atom is 0.179 e. The van der Waals surface area contributed by atoms with Crippen LogP contribution in [0.15, 0.2) is 140 Å². The standard InChI is InChI=1S/C55H53N4.Pt/c1-37-28-50-51(29-38(37)2)59(35-58(50,9)36-59)45-31-43(54(6,7)8)30-44(32-45)55(39-18-12-10-13-19-39,40-20-14-11-15-21-40)42-24-25-47-46-22-16-17-23-48(46)57(49(47)33-42)52-34-41(26-27-56-52)53(3,4)5;/h10-31,34-35H,36H2,1-9H3;/q-1;/t58-,59+;/m0./s1. The number of benzene rings is 6. The van der Waals surface area contributed by atoms with E-state index >= 15 is 0 Å². The molecule has 2 atom stereocenters. The van der Waals surface area contributed by atoms with Crippen LogP contribution in [-0.2, 0) is 37.3 Å². The molecule has 304 valence electrons. The summed E-state index contributed by atoms with van der Waals surface area (Å²) in [5.74, 6) is 0.897. The Labute approximate surface area is 370 Å². The maximum atomic E-state index is 5.03. The average Bonchev–Trinajstić information content (AvgIpc) is 3.76. The first-order chi connectivity index (χ1) is 28.1. The minimum Gasteiger partial charge on any atom is -0.325 e. The Morgan fingerprint density at radius 3 is 1.83 bits per heavy atom. The van der Waals surface area contributed by atoms with Gasteiger partial charge in [0.15, 0.2) is 18.0 Å². The van der Waals surface area contributed by atoms with Crippen molar-refractivity contribution in [3.05, 3.63) is 203 Å². The van der Waals surface area contributed by atoms with Crippen LogP contribution in [0.5, 0.6) is 0 Å². The van der Waals surface area contributed by atoms with E-state index in [0.29, 0.717) is 4.48 Å². The third-order valence-electron chi connectivity index (χ3n) is 13.3. The summed E-state index contributed by atoms with van der Waals surface area (Å²) in [6, 6.07) is 58.0. The Bertz CT molecular complexity index is 2900. The van der Waals surface area contributed by atoms with Crippen molar-refractivity contribution in [3.8, 4) is 5.82 Å². The predicted molar refractivity (Wildman–Crippen MR) is 246 cm³/mol. The van der Waals surface area contributed by atoms with Crippen LogP contribution >= 0.6 is 0 Å². The molecule has 0 unspecified atom stereocenters. The number of hydrogen-bond acceptors (Lipinski definition) is 1. The van der Waals surface area contributed by atoms with Crippen molar-refractivity contribution in [2.45, 2.75) is 71.6 Å². The second kappa shape index (κ2) is 14.0. The molecule has 3 aliphatic heterocycles. The SMILES string of the molecule is Cc1cc2c(cc1C)[N@@+]1(C)[CH-][N@+]2(c2[c-]c(C(c3[c-]c4c(cc3)c3ccccc3n4-c3cc(C(C)(C)C)ccn3)(c3ccccc3)c3ccccc3)cc(C(C)(C)C)c2)C1.[Pt]. The fourth-order valence-corrected chi connectivity index (χ4v) is 10.0. The van der Waals surface area contributed by atoms with Gasteiger partial charge in [0.05, 0.1) is 13.7 Å². The van der Waals surface area contributed by atoms with Crippen LogP contribution < -0.4 is 8.97 Å². The summed E-state index contributed by atoms with van der Waals surface area (Å²) in [6.45, 7) is 21.7. The minimum absolute atomic E-state index is 0. The fraction of sp³-hybridized carbons (Fsp3) is 0.236. The van der Waals surface area contributed by atoms with Crippen molar-refractivity contribution in [2.24, 2.45) is 0 Å². The summed E-state index contributed by atoms with van der Waals surface area (Å²) in [6.07, 6.45) is 1.95. The van der Waals surface area contributed by atoms with Crippen molar-refractivity contribution in [3.63, 3.8) is 0 Å². The fourth-order valence-electron chi connectivity index (χ4n) is 10.0. The summed E-state index contributed by atoms with van der Waals surface area (Å²) in [5, 5.41) is 2.34. The van der Waals surface area contributed by atoms with Crippen molar-refractivity contribution >= 4 is 38.9 Å². The van der Waals surface area contributed by atoms with Gasteiger partial charge < -0.3 is 13.5 Å². The van der Waals surface area contributed by atoms with Crippen molar-refractivity contribution in [1.29, 1.82) is 0 Å².